The van der Waals surface area contributed by atoms with Crippen LogP contribution < -0.4 is 19.7 Å². The van der Waals surface area contributed by atoms with E-state index in [4.69, 9.17) is 24.4 Å². The van der Waals surface area contributed by atoms with E-state index in [-0.39, 0.29) is 31.3 Å². The average Bonchev–Trinajstić information content (AvgIpc) is 3.69. The lowest BCUT2D eigenvalue weighted by Gasteiger charge is -2.20. The number of carbonyl (C=O) groups is 3. The second-order valence-corrected chi connectivity index (χ2v) is 13.0. The van der Waals surface area contributed by atoms with Crippen molar-refractivity contribution in [2.45, 2.75) is 83.4 Å². The molecule has 3 aromatic rings. The van der Waals surface area contributed by atoms with E-state index in [1.807, 2.05) is 36.6 Å². The minimum Gasteiger partial charge on any atom is -0.496 e. The lowest BCUT2D eigenvalue weighted by molar-refractivity contribution is -0.142. The third kappa shape index (κ3) is 7.31. The SMILES string of the molecule is COc1ccc2c(OC3CC4C(=O)NC(C(=O)O)CCC=CCCCCN(C)C(=O)[N+]4C3)nc(-c3nc(C(C)C)cs3)nc2c1C. The van der Waals surface area contributed by atoms with Crippen LogP contribution in [0, 0.1) is 6.92 Å². The van der Waals surface area contributed by atoms with E-state index in [9.17, 15) is 19.5 Å². The molecular weight excluding hydrogens is 608 g/mol. The number of nitrogens with one attached hydrogen (secondary N) is 1. The average molecular weight is 651 g/mol. The first-order valence-electron chi connectivity index (χ1n) is 15.7. The number of urea groups is 1. The number of aromatic nitrogens is 3. The Morgan fingerprint density at radius 1 is 1.15 bits per heavy atom. The first-order chi connectivity index (χ1) is 22.1. The van der Waals surface area contributed by atoms with Gasteiger partial charge in [-0.15, -0.1) is 11.3 Å². The number of thiazole rings is 1. The van der Waals surface area contributed by atoms with Crippen LogP contribution in [0.4, 0.5) is 4.79 Å². The van der Waals surface area contributed by atoms with E-state index in [0.29, 0.717) is 46.3 Å². The molecule has 0 aliphatic carbocycles. The highest BCUT2D eigenvalue weighted by Crippen LogP contribution is 2.35. The van der Waals surface area contributed by atoms with E-state index in [2.05, 4.69) is 19.2 Å². The molecule has 3 atom stereocenters. The van der Waals surface area contributed by atoms with Gasteiger partial charge in [0.15, 0.2) is 23.5 Å². The molecule has 0 spiro atoms. The van der Waals surface area contributed by atoms with Gasteiger partial charge in [-0.3, -0.25) is 9.69 Å². The van der Waals surface area contributed by atoms with E-state index in [1.165, 1.54) is 16.2 Å². The van der Waals surface area contributed by atoms with Gasteiger partial charge in [0.1, 0.15) is 11.8 Å². The Balaban J connectivity index is 1.49. The van der Waals surface area contributed by atoms with E-state index < -0.39 is 30.1 Å². The molecule has 1 aromatic carbocycles. The number of rotatable bonds is 6. The Morgan fingerprint density at radius 2 is 1.93 bits per heavy atom. The standard InChI is InChI=1S/C33H42N6O6S/c1-19(2)24-18-46-31(35-24)28-36-27-20(3)26(44-5)14-13-22(27)30(37-28)45-21-16-25-29(40)34-23(32(41)42)12-10-8-6-7-9-11-15-38(4)33(43)39(25)17-21/h6,8,13-14,18-19,21,23,25H,7,9-12,15-17H2,1-5H3,(H,34,40)(H,41,42)/q+1. The van der Waals surface area contributed by atoms with Crippen molar-refractivity contribution in [3.63, 3.8) is 0 Å². The number of aryl methyl sites for hydroxylation is 1. The van der Waals surface area contributed by atoms with Gasteiger partial charge in [0.25, 0.3) is 5.91 Å². The van der Waals surface area contributed by atoms with Crippen LogP contribution in [0.2, 0.25) is 0 Å². The maximum absolute atomic E-state index is 13.7. The number of ether oxygens (including phenoxy) is 2. The molecule has 0 saturated carbocycles. The minimum atomic E-state index is -1.11. The molecule has 0 bridgehead atoms. The van der Waals surface area contributed by atoms with Gasteiger partial charge < -0.3 is 19.9 Å². The summed E-state index contributed by atoms with van der Waals surface area (Å²) in [6, 6.07) is 1.38. The number of nitrogens with zero attached hydrogens (tertiary/aromatic N) is 5. The predicted molar refractivity (Wildman–Crippen MR) is 176 cm³/mol. The van der Waals surface area contributed by atoms with Crippen molar-refractivity contribution in [1.82, 2.24) is 30.1 Å². The van der Waals surface area contributed by atoms with Gasteiger partial charge >= 0.3 is 12.0 Å². The van der Waals surface area contributed by atoms with Crippen LogP contribution in [0.3, 0.4) is 0 Å². The summed E-state index contributed by atoms with van der Waals surface area (Å²) in [7, 11) is 3.33. The molecule has 1 radical (unpaired) electrons. The summed E-state index contributed by atoms with van der Waals surface area (Å²) in [4.78, 5) is 56.8. The highest BCUT2D eigenvalue weighted by Gasteiger charge is 2.52. The van der Waals surface area contributed by atoms with Crippen LogP contribution in [0.15, 0.2) is 29.7 Å². The summed E-state index contributed by atoms with van der Waals surface area (Å²) in [5, 5.41) is 15.8. The van der Waals surface area contributed by atoms with Crippen LogP contribution in [-0.2, 0) is 9.59 Å². The number of hydrogen-bond donors (Lipinski definition) is 2. The molecule has 1 fully saturated rings. The Kier molecular flexibility index (Phi) is 10.5. The largest absolute Gasteiger partial charge is 0.496 e. The Bertz CT molecular complexity index is 1620. The monoisotopic (exact) mass is 650 g/mol. The van der Waals surface area contributed by atoms with Crippen molar-refractivity contribution in [2.75, 3.05) is 27.2 Å². The van der Waals surface area contributed by atoms with Gasteiger partial charge in [0.2, 0.25) is 11.9 Å². The van der Waals surface area contributed by atoms with Crippen molar-refractivity contribution >= 4 is 40.1 Å². The van der Waals surface area contributed by atoms with E-state index >= 15 is 0 Å². The van der Waals surface area contributed by atoms with Crippen molar-refractivity contribution in [3.05, 3.63) is 40.9 Å². The molecule has 2 aliphatic rings. The maximum atomic E-state index is 13.7. The molecule has 2 aliphatic heterocycles. The molecule has 46 heavy (non-hydrogen) atoms. The summed E-state index contributed by atoms with van der Waals surface area (Å²) in [5.74, 6) is 0.0148. The lowest BCUT2D eigenvalue weighted by atomic mass is 10.1. The highest BCUT2D eigenvalue weighted by molar-refractivity contribution is 7.13. The molecule has 2 aromatic heterocycles. The highest BCUT2D eigenvalue weighted by atomic mass is 32.1. The summed E-state index contributed by atoms with van der Waals surface area (Å²) < 4.78 is 12.1. The number of aliphatic carboxylic acids is 1. The summed E-state index contributed by atoms with van der Waals surface area (Å²) >= 11 is 1.46. The van der Waals surface area contributed by atoms with Crippen LogP contribution >= 0.6 is 11.3 Å². The number of hydrogen-bond acceptors (Lipinski definition) is 9. The van der Waals surface area contributed by atoms with Crippen molar-refractivity contribution in [1.29, 1.82) is 0 Å². The predicted octanol–water partition coefficient (Wildman–Crippen LogP) is 5.00. The third-order valence-corrected chi connectivity index (χ3v) is 9.35. The van der Waals surface area contributed by atoms with Gasteiger partial charge in [-0.1, -0.05) is 30.9 Å². The minimum absolute atomic E-state index is 0.130. The molecule has 3 unspecified atom stereocenters. The fourth-order valence-corrected chi connectivity index (χ4v) is 6.71. The topological polar surface area (TPSA) is 150 Å². The molecule has 12 nitrogen and oxygen atoms in total. The molecule has 3 amide bonds. The second kappa shape index (κ2) is 14.5. The summed E-state index contributed by atoms with van der Waals surface area (Å²) in [6.45, 7) is 6.74. The fraction of sp³-hybridized carbons (Fsp3) is 0.515. The molecular formula is C33H42N6O6S+. The Hall–Kier alpha value is -4.10. The van der Waals surface area contributed by atoms with Crippen LogP contribution in [-0.4, -0.2) is 88.3 Å². The van der Waals surface area contributed by atoms with Crippen molar-refractivity contribution < 1.29 is 29.0 Å². The molecule has 2 N–H and O–H groups in total. The fourth-order valence-electron chi connectivity index (χ4n) is 5.80. The molecule has 245 valence electrons. The van der Waals surface area contributed by atoms with Gasteiger partial charge in [0.05, 0.1) is 30.1 Å². The van der Waals surface area contributed by atoms with Gasteiger partial charge in [-0.05, 0) is 57.1 Å². The number of benzene rings is 1. The van der Waals surface area contributed by atoms with Crippen LogP contribution in [0.25, 0.3) is 21.7 Å². The quantitative estimate of drug-likeness (QED) is 0.278. The summed E-state index contributed by atoms with van der Waals surface area (Å²) in [5.41, 5.74) is 2.41. The lowest BCUT2D eigenvalue weighted by Crippen LogP contribution is -2.56. The zero-order valence-corrected chi connectivity index (χ0v) is 27.8. The zero-order valence-electron chi connectivity index (χ0n) is 27.0. The Morgan fingerprint density at radius 3 is 2.65 bits per heavy atom. The van der Waals surface area contributed by atoms with Gasteiger partial charge in [-0.25, -0.2) is 19.6 Å². The van der Waals surface area contributed by atoms with Crippen molar-refractivity contribution in [2.24, 2.45) is 0 Å². The number of carbonyl (C=O) groups excluding carboxylic acids is 2. The molecule has 5 rings (SSSR count). The number of fused-ring (bicyclic) bond motifs is 2. The molecule has 13 heteroatoms. The molecule has 1 saturated heterocycles. The smallest absolute Gasteiger partial charge is 0.467 e. The van der Waals surface area contributed by atoms with Crippen LogP contribution in [0.5, 0.6) is 11.6 Å². The normalized spacial score (nSPS) is 22.0. The van der Waals surface area contributed by atoms with E-state index in [1.54, 1.807) is 19.1 Å². The second-order valence-electron chi connectivity index (χ2n) is 12.2. The number of carboxylic acid groups (broad SMARTS) is 1. The van der Waals surface area contributed by atoms with Gasteiger partial charge in [0, 0.05) is 24.5 Å². The number of amides is 3. The first-order valence-corrected chi connectivity index (χ1v) is 16.6. The maximum Gasteiger partial charge on any atom is 0.467 e. The van der Waals surface area contributed by atoms with Crippen molar-refractivity contribution in [3.8, 4) is 22.5 Å². The zero-order chi connectivity index (χ0) is 33.0. The Labute approximate surface area is 272 Å². The number of methoxy groups -OCH3 is 1. The van der Waals surface area contributed by atoms with Crippen LogP contribution in [0.1, 0.15) is 69.5 Å². The number of allylic oxidation sites excluding steroid dienone is 2. The number of carboxylic acids is 1. The summed E-state index contributed by atoms with van der Waals surface area (Å²) in [6.07, 6.45) is 6.89. The third-order valence-electron chi connectivity index (χ3n) is 8.50. The van der Waals surface area contributed by atoms with Gasteiger partial charge in [-0.2, -0.15) is 4.98 Å². The van der Waals surface area contributed by atoms with E-state index in [0.717, 1.165) is 30.5 Å². The molecule has 4 heterocycles. The first kappa shape index (κ1) is 33.3.